The van der Waals surface area contributed by atoms with Crippen LogP contribution in [0.2, 0.25) is 0 Å². The Morgan fingerprint density at radius 3 is 2.35 bits per heavy atom. The van der Waals surface area contributed by atoms with Crippen LogP contribution in [-0.2, 0) is 6.18 Å². The average Bonchev–Trinajstić information content (AvgIpc) is 2.38. The molecule has 112 valence electrons. The van der Waals surface area contributed by atoms with Crippen LogP contribution < -0.4 is 10.1 Å². The Morgan fingerprint density at radius 2 is 1.80 bits per heavy atom. The second-order valence-electron chi connectivity index (χ2n) is 4.40. The minimum atomic E-state index is -4.39. The lowest BCUT2D eigenvalue weighted by Crippen LogP contribution is -2.27. The van der Waals surface area contributed by atoms with Crippen molar-refractivity contribution in [1.82, 2.24) is 5.32 Å². The van der Waals surface area contributed by atoms with Crippen LogP contribution in [0.15, 0.2) is 24.3 Å². The van der Waals surface area contributed by atoms with Crippen molar-refractivity contribution >= 4 is 6.09 Å². The van der Waals surface area contributed by atoms with E-state index in [4.69, 9.17) is 4.74 Å². The third-order valence-electron chi connectivity index (χ3n) is 2.69. The van der Waals surface area contributed by atoms with Crippen molar-refractivity contribution in [3.63, 3.8) is 0 Å². The summed E-state index contributed by atoms with van der Waals surface area (Å²) in [5, 5.41) is 2.55. The lowest BCUT2D eigenvalue weighted by molar-refractivity contribution is -0.137. The molecule has 0 heterocycles. The molecule has 0 unspecified atom stereocenters. The highest BCUT2D eigenvalue weighted by atomic mass is 19.4. The number of rotatable bonds is 6. The lowest BCUT2D eigenvalue weighted by atomic mass is 10.2. The van der Waals surface area contributed by atoms with Crippen molar-refractivity contribution in [2.45, 2.75) is 38.8 Å². The topological polar surface area (TPSA) is 38.3 Å². The number of carbonyl (C=O) groups is 1. The maximum Gasteiger partial charge on any atom is 0.416 e. The fourth-order valence-electron chi connectivity index (χ4n) is 1.60. The van der Waals surface area contributed by atoms with E-state index in [0.717, 1.165) is 49.9 Å². The number of amides is 1. The molecule has 1 N–H and O–H groups in total. The van der Waals surface area contributed by atoms with E-state index in [1.165, 1.54) is 0 Å². The fraction of sp³-hybridized carbons (Fsp3) is 0.500. The highest BCUT2D eigenvalue weighted by Gasteiger charge is 2.30. The van der Waals surface area contributed by atoms with Crippen LogP contribution in [0.1, 0.15) is 38.2 Å². The van der Waals surface area contributed by atoms with Gasteiger partial charge in [-0.15, -0.1) is 0 Å². The van der Waals surface area contributed by atoms with E-state index in [0.29, 0.717) is 6.54 Å². The van der Waals surface area contributed by atoms with Crippen LogP contribution >= 0.6 is 0 Å². The molecule has 0 saturated heterocycles. The van der Waals surface area contributed by atoms with Crippen LogP contribution in [-0.4, -0.2) is 12.6 Å². The number of benzene rings is 1. The number of carbonyl (C=O) groups excluding carboxylic acids is 1. The van der Waals surface area contributed by atoms with Crippen molar-refractivity contribution in [1.29, 1.82) is 0 Å². The summed E-state index contributed by atoms with van der Waals surface area (Å²) in [6.07, 6.45) is -0.945. The van der Waals surface area contributed by atoms with Gasteiger partial charge in [-0.1, -0.05) is 26.2 Å². The van der Waals surface area contributed by atoms with E-state index in [2.05, 4.69) is 12.2 Å². The van der Waals surface area contributed by atoms with Gasteiger partial charge in [-0.2, -0.15) is 13.2 Å². The Morgan fingerprint density at radius 1 is 1.15 bits per heavy atom. The summed E-state index contributed by atoms with van der Waals surface area (Å²) >= 11 is 0. The molecule has 0 fully saturated rings. The van der Waals surface area contributed by atoms with E-state index < -0.39 is 17.8 Å². The number of alkyl halides is 3. The molecule has 1 aromatic carbocycles. The van der Waals surface area contributed by atoms with Crippen LogP contribution in [0, 0.1) is 0 Å². The summed E-state index contributed by atoms with van der Waals surface area (Å²) in [6, 6.07) is 4.01. The zero-order valence-corrected chi connectivity index (χ0v) is 11.3. The van der Waals surface area contributed by atoms with E-state index in [1.807, 2.05) is 0 Å². The smallest absolute Gasteiger partial charge is 0.410 e. The van der Waals surface area contributed by atoms with Crippen molar-refractivity contribution in [2.24, 2.45) is 0 Å². The van der Waals surface area contributed by atoms with Gasteiger partial charge in [0.05, 0.1) is 5.56 Å². The van der Waals surface area contributed by atoms with E-state index in [-0.39, 0.29) is 5.75 Å². The van der Waals surface area contributed by atoms with Gasteiger partial charge in [0.1, 0.15) is 5.75 Å². The van der Waals surface area contributed by atoms with Crippen LogP contribution in [0.5, 0.6) is 5.75 Å². The van der Waals surface area contributed by atoms with Gasteiger partial charge >= 0.3 is 12.3 Å². The van der Waals surface area contributed by atoms with E-state index >= 15 is 0 Å². The highest BCUT2D eigenvalue weighted by Crippen LogP contribution is 2.30. The first-order chi connectivity index (χ1) is 9.43. The Bertz CT molecular complexity index is 415. The van der Waals surface area contributed by atoms with Crippen LogP contribution in [0.3, 0.4) is 0 Å². The summed E-state index contributed by atoms with van der Waals surface area (Å²) in [4.78, 5) is 11.4. The summed E-state index contributed by atoms with van der Waals surface area (Å²) in [5.74, 6) is 0.0871. The number of halogens is 3. The van der Waals surface area contributed by atoms with Crippen molar-refractivity contribution in [2.75, 3.05) is 6.54 Å². The molecule has 0 aliphatic carbocycles. The maximum atomic E-state index is 12.3. The van der Waals surface area contributed by atoms with Gasteiger partial charge in [0, 0.05) is 6.54 Å². The van der Waals surface area contributed by atoms with E-state index in [9.17, 15) is 18.0 Å². The SMILES string of the molecule is CCCCCCNC(=O)Oc1ccc(C(F)(F)F)cc1. The van der Waals surface area contributed by atoms with Gasteiger partial charge in [-0.05, 0) is 30.7 Å². The average molecular weight is 289 g/mol. The molecule has 20 heavy (non-hydrogen) atoms. The monoisotopic (exact) mass is 289 g/mol. The predicted octanol–water partition coefficient (Wildman–Crippen LogP) is 4.37. The van der Waals surface area contributed by atoms with Crippen molar-refractivity contribution < 1.29 is 22.7 Å². The molecule has 0 saturated carbocycles. The summed E-state index contributed by atoms with van der Waals surface area (Å²) < 4.78 is 41.9. The Balaban J connectivity index is 2.35. The number of unbranched alkanes of at least 4 members (excludes halogenated alkanes) is 3. The van der Waals surface area contributed by atoms with Gasteiger partial charge in [0.15, 0.2) is 0 Å². The quantitative estimate of drug-likeness (QED) is 0.789. The molecule has 3 nitrogen and oxygen atoms in total. The van der Waals surface area contributed by atoms with Gasteiger partial charge in [0.2, 0.25) is 0 Å². The normalized spacial score (nSPS) is 11.2. The van der Waals surface area contributed by atoms with Gasteiger partial charge < -0.3 is 10.1 Å². The van der Waals surface area contributed by atoms with Crippen LogP contribution in [0.4, 0.5) is 18.0 Å². The van der Waals surface area contributed by atoms with E-state index in [1.54, 1.807) is 0 Å². The minimum absolute atomic E-state index is 0.0871. The van der Waals surface area contributed by atoms with Crippen molar-refractivity contribution in [3.05, 3.63) is 29.8 Å². The zero-order valence-electron chi connectivity index (χ0n) is 11.3. The first-order valence-corrected chi connectivity index (χ1v) is 6.56. The molecule has 1 aromatic rings. The van der Waals surface area contributed by atoms with Crippen molar-refractivity contribution in [3.8, 4) is 5.75 Å². The van der Waals surface area contributed by atoms with Gasteiger partial charge in [0.25, 0.3) is 0 Å². The standard InChI is InChI=1S/C14H18F3NO2/c1-2-3-4-5-10-18-13(19)20-12-8-6-11(7-9-12)14(15,16)17/h6-9H,2-5,10H2,1H3,(H,18,19). The Hall–Kier alpha value is -1.72. The Kier molecular flexibility index (Phi) is 6.35. The maximum absolute atomic E-state index is 12.3. The number of hydrogen-bond acceptors (Lipinski definition) is 2. The first-order valence-electron chi connectivity index (χ1n) is 6.56. The lowest BCUT2D eigenvalue weighted by Gasteiger charge is -2.09. The first kappa shape index (κ1) is 16.3. The summed E-state index contributed by atoms with van der Waals surface area (Å²) in [7, 11) is 0. The molecular weight excluding hydrogens is 271 g/mol. The third-order valence-corrected chi connectivity index (χ3v) is 2.69. The second kappa shape index (κ2) is 7.77. The molecular formula is C14H18F3NO2. The highest BCUT2D eigenvalue weighted by molar-refractivity contribution is 5.70. The summed E-state index contributed by atoms with van der Waals surface area (Å²) in [6.45, 7) is 2.59. The zero-order chi connectivity index (χ0) is 15.0. The minimum Gasteiger partial charge on any atom is -0.410 e. The number of ether oxygens (including phenoxy) is 1. The molecule has 0 aromatic heterocycles. The summed E-state index contributed by atoms with van der Waals surface area (Å²) in [5.41, 5.74) is -0.773. The second-order valence-corrected chi connectivity index (χ2v) is 4.40. The molecule has 0 aliphatic rings. The molecule has 6 heteroatoms. The molecule has 0 bridgehead atoms. The van der Waals surface area contributed by atoms with Gasteiger partial charge in [-0.25, -0.2) is 4.79 Å². The molecule has 0 atom stereocenters. The largest absolute Gasteiger partial charge is 0.416 e. The molecule has 1 amide bonds. The molecule has 0 radical (unpaired) electrons. The third kappa shape index (κ3) is 5.95. The number of nitrogens with one attached hydrogen (secondary N) is 1. The molecule has 1 rings (SSSR count). The van der Waals surface area contributed by atoms with Gasteiger partial charge in [-0.3, -0.25) is 0 Å². The molecule has 0 spiro atoms. The van der Waals surface area contributed by atoms with Crippen LogP contribution in [0.25, 0.3) is 0 Å². The predicted molar refractivity (Wildman–Crippen MR) is 69.6 cm³/mol. The fourth-order valence-corrected chi connectivity index (χ4v) is 1.60. The number of hydrogen-bond donors (Lipinski definition) is 1. The molecule has 0 aliphatic heterocycles. The Labute approximate surface area is 116 Å².